The Morgan fingerprint density at radius 2 is 1.75 bits per heavy atom. The van der Waals surface area contributed by atoms with Crippen molar-refractivity contribution < 1.29 is 22.7 Å². The van der Waals surface area contributed by atoms with Crippen LogP contribution < -0.4 is 4.72 Å². The van der Waals surface area contributed by atoms with Crippen LogP contribution >= 0.6 is 0 Å². The summed E-state index contributed by atoms with van der Waals surface area (Å²) in [5.41, 5.74) is 1.19. The lowest BCUT2D eigenvalue weighted by Crippen LogP contribution is -2.55. The average Bonchev–Trinajstić information content (AvgIpc) is 2.97. The van der Waals surface area contributed by atoms with Gasteiger partial charge in [0.15, 0.2) is 0 Å². The number of amides is 2. The first-order valence-electron chi connectivity index (χ1n) is 14.0. The number of fused-ring (bicyclic) bond motifs is 1. The van der Waals surface area contributed by atoms with E-state index in [1.807, 2.05) is 19.1 Å². The molecule has 1 aliphatic heterocycles. The Kier molecular flexibility index (Phi) is 8.54. The van der Waals surface area contributed by atoms with Gasteiger partial charge in [-0.3, -0.25) is 14.5 Å². The van der Waals surface area contributed by atoms with Crippen LogP contribution in [-0.2, 0) is 14.8 Å². The molecule has 212 valence electrons. The lowest BCUT2D eigenvalue weighted by Gasteiger charge is -2.39. The molecule has 1 aromatic heterocycles. The molecule has 1 aliphatic carbocycles. The van der Waals surface area contributed by atoms with E-state index in [4.69, 9.17) is 4.74 Å². The maximum absolute atomic E-state index is 13.2. The highest BCUT2D eigenvalue weighted by atomic mass is 32.2. The van der Waals surface area contributed by atoms with Gasteiger partial charge < -0.3 is 14.5 Å². The predicted octanol–water partition coefficient (Wildman–Crippen LogP) is 5.29. The van der Waals surface area contributed by atoms with Gasteiger partial charge in [-0.05, 0) is 55.7 Å². The molecule has 1 saturated carbocycles. The lowest BCUT2D eigenvalue weighted by molar-refractivity contribution is 0.0398. The quantitative estimate of drug-likeness (QED) is 0.418. The Morgan fingerprint density at radius 1 is 1.00 bits per heavy atom. The zero-order chi connectivity index (χ0) is 28.1. The first kappa shape index (κ1) is 27.9. The number of piperazine rings is 1. The zero-order valence-corrected chi connectivity index (χ0v) is 23.6. The Morgan fingerprint density at radius 3 is 2.50 bits per heavy atom. The number of carbonyl (C=O) groups is 2. The minimum Gasteiger partial charge on any atom is -0.449 e. The van der Waals surface area contributed by atoms with E-state index in [0.717, 1.165) is 11.8 Å². The van der Waals surface area contributed by atoms with Crippen LogP contribution in [0.5, 0.6) is 0 Å². The number of pyridine rings is 1. The first-order valence-corrected chi connectivity index (χ1v) is 15.5. The van der Waals surface area contributed by atoms with Crippen LogP contribution in [0.1, 0.15) is 55.8 Å². The molecule has 2 fully saturated rings. The average molecular weight is 565 g/mol. The van der Waals surface area contributed by atoms with Gasteiger partial charge in [0.05, 0.1) is 12.1 Å². The van der Waals surface area contributed by atoms with Crippen molar-refractivity contribution >= 4 is 38.6 Å². The Hall–Kier alpha value is -3.66. The van der Waals surface area contributed by atoms with Crippen molar-refractivity contribution in [2.75, 3.05) is 31.0 Å². The van der Waals surface area contributed by atoms with Gasteiger partial charge in [-0.1, -0.05) is 50.3 Å². The number of sulfonamides is 1. The fourth-order valence-electron chi connectivity index (χ4n) is 5.66. The summed E-state index contributed by atoms with van der Waals surface area (Å²) in [7, 11) is -3.89. The van der Waals surface area contributed by atoms with Gasteiger partial charge in [0, 0.05) is 48.5 Å². The molecule has 40 heavy (non-hydrogen) atoms. The van der Waals surface area contributed by atoms with Gasteiger partial charge in [-0.2, -0.15) is 0 Å². The maximum atomic E-state index is 13.2. The Labute approximate surface area is 235 Å². The molecule has 5 rings (SSSR count). The van der Waals surface area contributed by atoms with Gasteiger partial charge in [0.25, 0.3) is 15.9 Å². The number of anilines is 1. The molecule has 1 N–H and O–H groups in total. The summed E-state index contributed by atoms with van der Waals surface area (Å²) in [5, 5.41) is 0.730. The summed E-state index contributed by atoms with van der Waals surface area (Å²) in [5.74, 6) is 0.498. The van der Waals surface area contributed by atoms with E-state index in [1.54, 1.807) is 52.4 Å². The molecular weight excluding hydrogens is 528 g/mol. The van der Waals surface area contributed by atoms with E-state index >= 15 is 0 Å². The third-order valence-corrected chi connectivity index (χ3v) is 9.31. The number of benzene rings is 2. The fourth-order valence-corrected chi connectivity index (χ4v) is 6.89. The zero-order valence-electron chi connectivity index (χ0n) is 22.8. The van der Waals surface area contributed by atoms with Gasteiger partial charge in [-0.15, -0.1) is 0 Å². The van der Waals surface area contributed by atoms with Gasteiger partial charge >= 0.3 is 6.09 Å². The molecule has 0 radical (unpaired) electrons. The van der Waals surface area contributed by atoms with Crippen molar-refractivity contribution in [2.45, 2.75) is 56.4 Å². The number of aromatic nitrogens is 1. The molecule has 2 amide bonds. The van der Waals surface area contributed by atoms with Crippen molar-refractivity contribution in [1.82, 2.24) is 14.8 Å². The van der Waals surface area contributed by atoms with Crippen LogP contribution in [0.25, 0.3) is 10.9 Å². The molecule has 2 heterocycles. The van der Waals surface area contributed by atoms with Crippen molar-refractivity contribution in [3.05, 3.63) is 66.4 Å². The minimum atomic E-state index is -3.89. The second-order valence-corrected chi connectivity index (χ2v) is 12.4. The smallest absolute Gasteiger partial charge is 0.409 e. The second-order valence-electron chi connectivity index (χ2n) is 10.7. The van der Waals surface area contributed by atoms with Crippen LogP contribution in [0, 0.1) is 5.92 Å². The number of ether oxygens (including phenoxy) is 1. The fraction of sp³-hybridized carbons (Fsp3) is 0.433. The van der Waals surface area contributed by atoms with E-state index in [0.29, 0.717) is 48.9 Å². The monoisotopic (exact) mass is 564 g/mol. The highest BCUT2D eigenvalue weighted by Gasteiger charge is 2.31. The minimum absolute atomic E-state index is 0.0879. The second kappa shape index (κ2) is 12.2. The summed E-state index contributed by atoms with van der Waals surface area (Å²) < 4.78 is 34.3. The molecule has 2 aromatic carbocycles. The van der Waals surface area contributed by atoms with E-state index in [2.05, 4.69) is 9.71 Å². The van der Waals surface area contributed by atoms with Gasteiger partial charge in [0.1, 0.15) is 4.90 Å². The number of nitrogens with one attached hydrogen (secondary N) is 1. The lowest BCUT2D eigenvalue weighted by atomic mass is 9.87. The Balaban J connectivity index is 1.15. The topological polar surface area (TPSA) is 109 Å². The van der Waals surface area contributed by atoms with Gasteiger partial charge in [0.2, 0.25) is 0 Å². The standard InChI is InChI=1S/C30H36N4O5S/c1-22-21-33(30(36)39-20-16-23-7-3-2-4-8-23)18-19-34(22)29(35)25-12-14-26(15-13-25)32-40(37,38)27-11-5-9-24-10-6-17-31-28(24)27/h5-6,9-15,17,22-23,32H,2-4,7-8,16,18-21H2,1H3. The summed E-state index contributed by atoms with van der Waals surface area (Å²) in [6, 6.07) is 14.8. The van der Waals surface area contributed by atoms with E-state index in [9.17, 15) is 18.0 Å². The molecule has 0 spiro atoms. The molecule has 1 saturated heterocycles. The number of rotatable bonds is 7. The summed E-state index contributed by atoms with van der Waals surface area (Å²) in [6.45, 7) is 3.59. The van der Waals surface area contributed by atoms with Crippen LogP contribution in [0.2, 0.25) is 0 Å². The molecule has 2 aliphatic rings. The normalized spacial score (nSPS) is 18.5. The van der Waals surface area contributed by atoms with Crippen LogP contribution in [-0.4, -0.2) is 67.5 Å². The number of hydrogen-bond donors (Lipinski definition) is 1. The molecule has 1 unspecified atom stereocenters. The molecule has 0 bridgehead atoms. The van der Waals surface area contributed by atoms with Crippen molar-refractivity contribution in [3.8, 4) is 0 Å². The van der Waals surface area contributed by atoms with E-state index in [-0.39, 0.29) is 22.9 Å². The summed E-state index contributed by atoms with van der Waals surface area (Å²) >= 11 is 0. The maximum Gasteiger partial charge on any atom is 0.409 e. The highest BCUT2D eigenvalue weighted by Crippen LogP contribution is 2.27. The van der Waals surface area contributed by atoms with Gasteiger partial charge in [-0.25, -0.2) is 13.2 Å². The summed E-state index contributed by atoms with van der Waals surface area (Å²) in [6.07, 6.45) is 8.47. The number of hydrogen-bond acceptors (Lipinski definition) is 6. The number of nitrogens with zero attached hydrogens (tertiary/aromatic N) is 3. The summed E-state index contributed by atoms with van der Waals surface area (Å²) in [4.78, 5) is 33.6. The van der Waals surface area contributed by atoms with Crippen LogP contribution in [0.4, 0.5) is 10.5 Å². The molecule has 1 atom stereocenters. The Bertz CT molecular complexity index is 1450. The van der Waals surface area contributed by atoms with Crippen molar-refractivity contribution in [2.24, 2.45) is 5.92 Å². The molecular formula is C30H36N4O5S. The first-order chi connectivity index (χ1) is 19.3. The van der Waals surface area contributed by atoms with Crippen LogP contribution in [0.3, 0.4) is 0 Å². The number of carbonyl (C=O) groups excluding carboxylic acids is 2. The number of para-hydroxylation sites is 1. The SMILES string of the molecule is CC1CN(C(=O)OCCC2CCCCC2)CCN1C(=O)c1ccc(NS(=O)(=O)c2cccc3cccnc23)cc1. The molecule has 3 aromatic rings. The third kappa shape index (κ3) is 6.38. The van der Waals surface area contributed by atoms with E-state index < -0.39 is 10.0 Å². The van der Waals surface area contributed by atoms with Crippen molar-refractivity contribution in [3.63, 3.8) is 0 Å². The van der Waals surface area contributed by atoms with Crippen LogP contribution in [0.15, 0.2) is 65.7 Å². The van der Waals surface area contributed by atoms with E-state index in [1.165, 1.54) is 38.2 Å². The molecule has 9 nitrogen and oxygen atoms in total. The predicted molar refractivity (Wildman–Crippen MR) is 154 cm³/mol. The highest BCUT2D eigenvalue weighted by molar-refractivity contribution is 7.93. The third-order valence-electron chi connectivity index (χ3n) is 7.89. The molecule has 10 heteroatoms. The van der Waals surface area contributed by atoms with Crippen molar-refractivity contribution in [1.29, 1.82) is 0 Å². The largest absolute Gasteiger partial charge is 0.449 e.